The van der Waals surface area contributed by atoms with Crippen molar-refractivity contribution in [1.29, 1.82) is 0 Å². The first-order chi connectivity index (χ1) is 10.3. The van der Waals surface area contributed by atoms with Gasteiger partial charge in [0.1, 0.15) is 0 Å². The number of rotatable bonds is 3. The van der Waals surface area contributed by atoms with Crippen LogP contribution in [-0.2, 0) is 19.5 Å². The van der Waals surface area contributed by atoms with E-state index in [4.69, 9.17) is 5.11 Å². The van der Waals surface area contributed by atoms with E-state index in [1.807, 2.05) is 11.3 Å². The molecule has 108 valence electrons. The van der Waals surface area contributed by atoms with E-state index in [0.29, 0.717) is 6.42 Å². The van der Waals surface area contributed by atoms with Crippen LogP contribution >= 0.6 is 11.3 Å². The van der Waals surface area contributed by atoms with Crippen molar-refractivity contribution in [2.45, 2.75) is 25.9 Å². The summed E-state index contributed by atoms with van der Waals surface area (Å²) < 4.78 is 0. The van der Waals surface area contributed by atoms with Crippen molar-refractivity contribution in [3.05, 3.63) is 57.3 Å². The normalized spacial score (nSPS) is 14.3. The fourth-order valence-electron chi connectivity index (χ4n) is 2.61. The molecule has 1 aromatic heterocycles. The zero-order valence-electron chi connectivity index (χ0n) is 12.0. The van der Waals surface area contributed by atoms with Crippen LogP contribution in [0.3, 0.4) is 0 Å². The molecule has 0 atom stereocenters. The van der Waals surface area contributed by atoms with Crippen molar-refractivity contribution >= 4 is 11.3 Å². The van der Waals surface area contributed by atoms with Crippen molar-refractivity contribution < 1.29 is 5.11 Å². The van der Waals surface area contributed by atoms with E-state index in [9.17, 15) is 0 Å². The van der Waals surface area contributed by atoms with Crippen LogP contribution in [0, 0.1) is 11.8 Å². The lowest BCUT2D eigenvalue weighted by Gasteiger charge is -2.26. The van der Waals surface area contributed by atoms with Gasteiger partial charge in [-0.1, -0.05) is 24.0 Å². The number of aliphatic hydroxyl groups is 1. The van der Waals surface area contributed by atoms with Crippen LogP contribution in [0.1, 0.15) is 28.0 Å². The highest BCUT2D eigenvalue weighted by atomic mass is 32.1. The topological polar surface area (TPSA) is 23.5 Å². The maximum Gasteiger partial charge on any atom is 0.0540 e. The summed E-state index contributed by atoms with van der Waals surface area (Å²) in [5.41, 5.74) is 3.85. The van der Waals surface area contributed by atoms with Crippen LogP contribution < -0.4 is 0 Å². The number of hydrogen-bond donors (Lipinski definition) is 1. The minimum atomic E-state index is 0.130. The van der Waals surface area contributed by atoms with Crippen molar-refractivity contribution in [1.82, 2.24) is 4.90 Å². The molecule has 0 amide bonds. The van der Waals surface area contributed by atoms with Gasteiger partial charge in [0.05, 0.1) is 6.61 Å². The van der Waals surface area contributed by atoms with Gasteiger partial charge in [-0.3, -0.25) is 4.90 Å². The molecule has 1 aliphatic heterocycles. The van der Waals surface area contributed by atoms with Crippen LogP contribution in [0.25, 0.3) is 0 Å². The monoisotopic (exact) mass is 297 g/mol. The second kappa shape index (κ2) is 6.91. The molecule has 3 rings (SSSR count). The van der Waals surface area contributed by atoms with Crippen molar-refractivity contribution in [2.24, 2.45) is 0 Å². The van der Waals surface area contributed by atoms with Crippen LogP contribution in [0.5, 0.6) is 0 Å². The van der Waals surface area contributed by atoms with Gasteiger partial charge >= 0.3 is 0 Å². The van der Waals surface area contributed by atoms with Gasteiger partial charge in [0.25, 0.3) is 0 Å². The molecule has 0 radical (unpaired) electrons. The molecule has 0 aliphatic carbocycles. The lowest BCUT2D eigenvalue weighted by atomic mass is 10.1. The molecule has 0 spiro atoms. The molecule has 21 heavy (non-hydrogen) atoms. The molecular formula is C18H19NOS. The van der Waals surface area contributed by atoms with Crippen molar-refractivity contribution in [2.75, 3.05) is 13.2 Å². The molecule has 1 N–H and O–H groups in total. The standard InChI is InChI=1S/C18H19NOS/c20-11-2-1-3-15-4-6-16(7-5-15)13-19-10-8-18-17(14-19)9-12-21-18/h4-7,9,12,20H,2,8,10-11,13-14H2. The number of hydrogen-bond acceptors (Lipinski definition) is 3. The molecule has 0 saturated carbocycles. The fourth-order valence-corrected chi connectivity index (χ4v) is 3.50. The van der Waals surface area contributed by atoms with Gasteiger partial charge in [0, 0.05) is 36.5 Å². The Morgan fingerprint density at radius 1 is 1.19 bits per heavy atom. The summed E-state index contributed by atoms with van der Waals surface area (Å²) >= 11 is 1.89. The largest absolute Gasteiger partial charge is 0.395 e. The number of aliphatic hydroxyl groups excluding tert-OH is 1. The Hall–Kier alpha value is -1.60. The van der Waals surface area contributed by atoms with Gasteiger partial charge < -0.3 is 5.11 Å². The second-order valence-corrected chi connectivity index (χ2v) is 6.30. The summed E-state index contributed by atoms with van der Waals surface area (Å²) in [7, 11) is 0. The number of nitrogens with zero attached hydrogens (tertiary/aromatic N) is 1. The lowest BCUT2D eigenvalue weighted by molar-refractivity contribution is 0.247. The molecular weight excluding hydrogens is 278 g/mol. The van der Waals surface area contributed by atoms with E-state index >= 15 is 0 Å². The quantitative estimate of drug-likeness (QED) is 0.880. The van der Waals surface area contributed by atoms with Gasteiger partial charge in [-0.2, -0.15) is 0 Å². The predicted octanol–water partition coefficient (Wildman–Crippen LogP) is 3.04. The number of benzene rings is 1. The molecule has 2 nitrogen and oxygen atoms in total. The number of fused-ring (bicyclic) bond motifs is 1. The molecule has 0 saturated heterocycles. The zero-order valence-corrected chi connectivity index (χ0v) is 12.8. The molecule has 2 aromatic rings. The van der Waals surface area contributed by atoms with Crippen molar-refractivity contribution in [3.8, 4) is 11.8 Å². The Morgan fingerprint density at radius 2 is 2.05 bits per heavy atom. The van der Waals surface area contributed by atoms with Gasteiger partial charge in [-0.15, -0.1) is 11.3 Å². The van der Waals surface area contributed by atoms with E-state index in [2.05, 4.69) is 52.5 Å². The summed E-state index contributed by atoms with van der Waals surface area (Å²) in [5, 5.41) is 10.9. The molecule has 2 heterocycles. The third-order valence-electron chi connectivity index (χ3n) is 3.72. The molecule has 0 bridgehead atoms. The summed E-state index contributed by atoms with van der Waals surface area (Å²) in [4.78, 5) is 4.06. The molecule has 3 heteroatoms. The summed E-state index contributed by atoms with van der Waals surface area (Å²) in [6.07, 6.45) is 1.72. The Balaban J connectivity index is 1.60. The summed E-state index contributed by atoms with van der Waals surface area (Å²) in [6.45, 7) is 3.34. The lowest BCUT2D eigenvalue weighted by Crippen LogP contribution is -2.29. The van der Waals surface area contributed by atoms with Gasteiger partial charge in [0.15, 0.2) is 0 Å². The Kier molecular flexibility index (Phi) is 4.72. The maximum absolute atomic E-state index is 8.72. The molecule has 1 aromatic carbocycles. The third kappa shape index (κ3) is 3.74. The average Bonchev–Trinajstić information content (AvgIpc) is 2.97. The zero-order chi connectivity index (χ0) is 14.5. The minimum Gasteiger partial charge on any atom is -0.395 e. The van der Waals surface area contributed by atoms with E-state index < -0.39 is 0 Å². The Labute approximate surface area is 130 Å². The van der Waals surface area contributed by atoms with Crippen molar-refractivity contribution in [3.63, 3.8) is 0 Å². The third-order valence-corrected chi connectivity index (χ3v) is 4.74. The smallest absolute Gasteiger partial charge is 0.0540 e. The fraction of sp³-hybridized carbons (Fsp3) is 0.333. The van der Waals surface area contributed by atoms with Gasteiger partial charge in [-0.05, 0) is 41.1 Å². The van der Waals surface area contributed by atoms with Crippen LogP contribution in [0.15, 0.2) is 35.7 Å². The highest BCUT2D eigenvalue weighted by Crippen LogP contribution is 2.24. The summed E-state index contributed by atoms with van der Waals surface area (Å²) in [5.74, 6) is 6.01. The van der Waals surface area contributed by atoms with Crippen LogP contribution in [-0.4, -0.2) is 23.2 Å². The highest BCUT2D eigenvalue weighted by Gasteiger charge is 2.16. The van der Waals surface area contributed by atoms with Crippen LogP contribution in [0.4, 0.5) is 0 Å². The predicted molar refractivity (Wildman–Crippen MR) is 87.2 cm³/mol. The molecule has 0 fully saturated rings. The molecule has 1 aliphatic rings. The second-order valence-electron chi connectivity index (χ2n) is 5.30. The average molecular weight is 297 g/mol. The minimum absolute atomic E-state index is 0.130. The van der Waals surface area contributed by atoms with E-state index in [0.717, 1.165) is 25.2 Å². The molecule has 0 unspecified atom stereocenters. The Morgan fingerprint density at radius 3 is 2.86 bits per heavy atom. The first kappa shape index (κ1) is 14.3. The Bertz CT molecular complexity index is 648. The van der Waals surface area contributed by atoms with Gasteiger partial charge in [0.2, 0.25) is 0 Å². The van der Waals surface area contributed by atoms with Gasteiger partial charge in [-0.25, -0.2) is 0 Å². The maximum atomic E-state index is 8.72. The number of thiophene rings is 1. The van der Waals surface area contributed by atoms with E-state index in [-0.39, 0.29) is 6.61 Å². The first-order valence-electron chi connectivity index (χ1n) is 7.31. The van der Waals surface area contributed by atoms with E-state index in [1.165, 1.54) is 17.5 Å². The SMILES string of the molecule is OCCC#Cc1ccc(CN2CCc3sccc3C2)cc1. The first-order valence-corrected chi connectivity index (χ1v) is 8.19. The summed E-state index contributed by atoms with van der Waals surface area (Å²) in [6, 6.07) is 10.7. The van der Waals surface area contributed by atoms with Crippen LogP contribution in [0.2, 0.25) is 0 Å². The highest BCUT2D eigenvalue weighted by molar-refractivity contribution is 7.10. The van der Waals surface area contributed by atoms with E-state index in [1.54, 1.807) is 4.88 Å².